The molecule has 0 N–H and O–H groups in total. The topological polar surface area (TPSA) is 41.9 Å². The Bertz CT molecular complexity index is 438. The summed E-state index contributed by atoms with van der Waals surface area (Å²) in [6, 6.07) is 0. The number of hydrogen-bond donors (Lipinski definition) is 0. The van der Waals surface area contributed by atoms with Gasteiger partial charge in [0.25, 0.3) is 0 Å². The summed E-state index contributed by atoms with van der Waals surface area (Å²) in [5.41, 5.74) is 4.12. The molecule has 0 saturated heterocycles. The van der Waals surface area contributed by atoms with Gasteiger partial charge in [-0.05, 0) is 7.05 Å². The molecular formula is C12H16N4S. The summed E-state index contributed by atoms with van der Waals surface area (Å²) in [5, 5.41) is 2.08. The monoisotopic (exact) mass is 248 g/mol. The lowest BCUT2D eigenvalue weighted by molar-refractivity contribution is 0.315. The van der Waals surface area contributed by atoms with Gasteiger partial charge in [0.15, 0.2) is 0 Å². The molecule has 0 radical (unpaired) electrons. The number of aryl methyl sites for hydroxylation is 1. The second-order valence-corrected chi connectivity index (χ2v) is 4.73. The van der Waals surface area contributed by atoms with Crippen molar-refractivity contribution < 1.29 is 0 Å². The molecular weight excluding hydrogens is 232 g/mol. The number of thiazole rings is 1. The van der Waals surface area contributed by atoms with E-state index < -0.39 is 0 Å². The molecule has 0 spiro atoms. The zero-order valence-electron chi connectivity index (χ0n) is 10.1. The van der Waals surface area contributed by atoms with E-state index in [0.29, 0.717) is 0 Å². The highest BCUT2D eigenvalue weighted by atomic mass is 32.1. The molecule has 0 atom stereocenters. The first-order valence-corrected chi connectivity index (χ1v) is 6.57. The molecule has 17 heavy (non-hydrogen) atoms. The Hall–Kier alpha value is -1.33. The third-order valence-corrected chi connectivity index (χ3v) is 3.08. The summed E-state index contributed by atoms with van der Waals surface area (Å²) in [7, 11) is 2.08. The predicted octanol–water partition coefficient (Wildman–Crippen LogP) is 2.13. The van der Waals surface area contributed by atoms with Gasteiger partial charge >= 0.3 is 0 Å². The first-order valence-electron chi connectivity index (χ1n) is 5.63. The molecule has 0 aromatic carbocycles. The molecule has 4 nitrogen and oxygen atoms in total. The molecule has 2 heterocycles. The molecule has 2 rings (SSSR count). The fourth-order valence-electron chi connectivity index (χ4n) is 1.61. The maximum atomic E-state index is 4.30. The molecule has 0 bridgehead atoms. The van der Waals surface area contributed by atoms with Crippen molar-refractivity contribution in [1.82, 2.24) is 19.9 Å². The van der Waals surface area contributed by atoms with Gasteiger partial charge in [0.05, 0.1) is 11.2 Å². The van der Waals surface area contributed by atoms with Gasteiger partial charge in [-0.2, -0.15) is 0 Å². The Labute approximate surface area is 105 Å². The van der Waals surface area contributed by atoms with Crippen LogP contribution < -0.4 is 0 Å². The highest BCUT2D eigenvalue weighted by Crippen LogP contribution is 2.07. The van der Waals surface area contributed by atoms with E-state index in [-0.39, 0.29) is 0 Å². The van der Waals surface area contributed by atoms with Gasteiger partial charge in [0.2, 0.25) is 0 Å². The first kappa shape index (κ1) is 12.1. The van der Waals surface area contributed by atoms with Crippen LogP contribution in [-0.4, -0.2) is 26.9 Å². The van der Waals surface area contributed by atoms with Gasteiger partial charge in [-0.1, -0.05) is 6.92 Å². The summed E-state index contributed by atoms with van der Waals surface area (Å²) < 4.78 is 0. The molecule has 0 amide bonds. The minimum absolute atomic E-state index is 0.849. The van der Waals surface area contributed by atoms with Crippen LogP contribution >= 0.6 is 11.3 Å². The van der Waals surface area contributed by atoms with E-state index in [1.54, 1.807) is 11.3 Å². The smallest absolute Gasteiger partial charge is 0.127 e. The summed E-state index contributed by atoms with van der Waals surface area (Å²) >= 11 is 1.63. The van der Waals surface area contributed by atoms with Crippen molar-refractivity contribution in [3.63, 3.8) is 0 Å². The third-order valence-electron chi connectivity index (χ3n) is 2.44. The van der Waals surface area contributed by atoms with E-state index in [1.165, 1.54) is 0 Å². The Morgan fingerprint density at radius 3 is 2.53 bits per heavy atom. The Balaban J connectivity index is 1.91. The van der Waals surface area contributed by atoms with E-state index in [0.717, 1.165) is 36.6 Å². The fraction of sp³-hybridized carbons (Fsp3) is 0.417. The lowest BCUT2D eigenvalue weighted by Gasteiger charge is -2.14. The predicted molar refractivity (Wildman–Crippen MR) is 68.7 cm³/mol. The minimum atomic E-state index is 0.849. The third kappa shape index (κ3) is 3.57. The van der Waals surface area contributed by atoms with Gasteiger partial charge in [-0.15, -0.1) is 11.3 Å². The number of aromatic nitrogens is 3. The van der Waals surface area contributed by atoms with Crippen molar-refractivity contribution in [2.75, 3.05) is 7.05 Å². The van der Waals surface area contributed by atoms with Crippen LogP contribution in [-0.2, 0) is 19.5 Å². The van der Waals surface area contributed by atoms with Crippen molar-refractivity contribution in [2.45, 2.75) is 26.4 Å². The van der Waals surface area contributed by atoms with Crippen LogP contribution in [0, 0.1) is 0 Å². The largest absolute Gasteiger partial charge is 0.296 e. The highest BCUT2D eigenvalue weighted by molar-refractivity contribution is 7.07. The number of rotatable bonds is 5. The molecule has 0 aliphatic heterocycles. The molecule has 0 aliphatic carbocycles. The molecule has 0 aliphatic rings. The van der Waals surface area contributed by atoms with Crippen molar-refractivity contribution in [3.8, 4) is 0 Å². The second kappa shape index (κ2) is 5.84. The summed E-state index contributed by atoms with van der Waals surface area (Å²) in [4.78, 5) is 15.1. The summed E-state index contributed by atoms with van der Waals surface area (Å²) in [6.07, 6.45) is 4.70. The second-order valence-electron chi connectivity index (χ2n) is 4.01. The fourth-order valence-corrected chi connectivity index (χ4v) is 2.16. The van der Waals surface area contributed by atoms with Crippen molar-refractivity contribution in [1.29, 1.82) is 0 Å². The average Bonchev–Trinajstić information content (AvgIpc) is 2.82. The maximum absolute atomic E-state index is 4.30. The van der Waals surface area contributed by atoms with E-state index in [9.17, 15) is 0 Å². The number of hydrogen-bond acceptors (Lipinski definition) is 5. The van der Waals surface area contributed by atoms with Crippen LogP contribution in [0.1, 0.15) is 24.0 Å². The quantitative estimate of drug-likeness (QED) is 0.813. The normalized spacial score (nSPS) is 11.0. The molecule has 0 saturated carbocycles. The van der Waals surface area contributed by atoms with E-state index in [4.69, 9.17) is 0 Å². The van der Waals surface area contributed by atoms with Crippen molar-refractivity contribution >= 4 is 11.3 Å². The van der Waals surface area contributed by atoms with Crippen LogP contribution in [0.3, 0.4) is 0 Å². The SMILES string of the molecule is CCc1ncc(CN(C)Cc2cscn2)cn1. The van der Waals surface area contributed by atoms with Crippen LogP contribution in [0.15, 0.2) is 23.3 Å². The van der Waals surface area contributed by atoms with Gasteiger partial charge < -0.3 is 0 Å². The van der Waals surface area contributed by atoms with E-state index in [1.807, 2.05) is 17.9 Å². The lowest BCUT2D eigenvalue weighted by Crippen LogP contribution is -2.17. The number of nitrogens with zero attached hydrogens (tertiary/aromatic N) is 4. The maximum Gasteiger partial charge on any atom is 0.127 e. The van der Waals surface area contributed by atoms with Gasteiger partial charge in [-0.25, -0.2) is 15.0 Å². The Kier molecular flexibility index (Phi) is 4.17. The van der Waals surface area contributed by atoms with Gasteiger partial charge in [-0.3, -0.25) is 4.90 Å². The molecule has 0 unspecified atom stereocenters. The van der Waals surface area contributed by atoms with Crippen LogP contribution in [0.4, 0.5) is 0 Å². The van der Waals surface area contributed by atoms with Gasteiger partial charge in [0, 0.05) is 42.8 Å². The summed E-state index contributed by atoms with van der Waals surface area (Å²) in [6.45, 7) is 3.77. The molecule has 2 aromatic heterocycles. The Morgan fingerprint density at radius 2 is 1.94 bits per heavy atom. The Morgan fingerprint density at radius 1 is 1.18 bits per heavy atom. The van der Waals surface area contributed by atoms with Gasteiger partial charge in [0.1, 0.15) is 5.82 Å². The van der Waals surface area contributed by atoms with E-state index in [2.05, 4.69) is 39.2 Å². The van der Waals surface area contributed by atoms with Crippen molar-refractivity contribution in [3.05, 3.63) is 40.4 Å². The van der Waals surface area contributed by atoms with E-state index >= 15 is 0 Å². The van der Waals surface area contributed by atoms with Crippen LogP contribution in [0.2, 0.25) is 0 Å². The zero-order valence-corrected chi connectivity index (χ0v) is 10.9. The van der Waals surface area contributed by atoms with Crippen molar-refractivity contribution in [2.24, 2.45) is 0 Å². The first-order chi connectivity index (χ1) is 8.28. The standard InChI is InChI=1S/C12H16N4S/c1-3-12-13-4-10(5-14-12)6-16(2)7-11-8-17-9-15-11/h4-5,8-9H,3,6-7H2,1-2H3. The lowest BCUT2D eigenvalue weighted by atomic mass is 10.3. The molecule has 0 fully saturated rings. The molecule has 2 aromatic rings. The van der Waals surface area contributed by atoms with Crippen LogP contribution in [0.25, 0.3) is 0 Å². The average molecular weight is 248 g/mol. The van der Waals surface area contributed by atoms with Crippen LogP contribution in [0.5, 0.6) is 0 Å². The minimum Gasteiger partial charge on any atom is -0.296 e. The zero-order chi connectivity index (χ0) is 12.1. The molecule has 90 valence electrons. The highest BCUT2D eigenvalue weighted by Gasteiger charge is 2.04. The summed E-state index contributed by atoms with van der Waals surface area (Å²) in [5.74, 6) is 0.899. The molecule has 5 heteroatoms.